The van der Waals surface area contributed by atoms with Crippen molar-refractivity contribution in [1.82, 2.24) is 10.2 Å². The van der Waals surface area contributed by atoms with Crippen LogP contribution in [-0.2, 0) is 0 Å². The van der Waals surface area contributed by atoms with Crippen LogP contribution in [0.4, 0.5) is 10.1 Å². The van der Waals surface area contributed by atoms with Crippen molar-refractivity contribution in [3.63, 3.8) is 0 Å². The number of ether oxygens (including phenoxy) is 1. The number of hydrogen-bond acceptors (Lipinski definition) is 6. The molecule has 2 rings (SSSR count). The summed E-state index contributed by atoms with van der Waals surface area (Å²) >= 11 is 1.17. The Kier molecular flexibility index (Phi) is 3.94. The summed E-state index contributed by atoms with van der Waals surface area (Å²) in [7, 11) is 0. The van der Waals surface area contributed by atoms with E-state index >= 15 is 0 Å². The number of anilines is 1. The molecule has 5 nitrogen and oxygen atoms in total. The maximum Gasteiger partial charge on any atom is 0.281 e. The largest absolute Gasteiger partial charge is 0.488 e. The van der Waals surface area contributed by atoms with E-state index in [4.69, 9.17) is 14.9 Å². The molecule has 1 aromatic carbocycles. The average Bonchev–Trinajstić information content (AvgIpc) is 2.70. The monoisotopic (exact) mass is 283 g/mol. The Bertz CT molecular complexity index is 586. The summed E-state index contributed by atoms with van der Waals surface area (Å²) < 4.78 is 24.3. The molecular weight excluding hydrogens is 269 g/mol. The SMILES string of the molecule is Cc1nnc(Sc2cc(OC(C)C)c(F)cc2N)o1. The number of halogens is 1. The van der Waals surface area contributed by atoms with Gasteiger partial charge in [0, 0.05) is 23.6 Å². The second-order valence-electron chi connectivity index (χ2n) is 4.18. The maximum absolute atomic E-state index is 13.7. The minimum Gasteiger partial charge on any atom is -0.488 e. The molecule has 0 radical (unpaired) electrons. The van der Waals surface area contributed by atoms with Crippen molar-refractivity contribution in [2.24, 2.45) is 0 Å². The van der Waals surface area contributed by atoms with Crippen LogP contribution in [0.5, 0.6) is 5.75 Å². The van der Waals surface area contributed by atoms with Crippen molar-refractivity contribution >= 4 is 17.4 Å². The van der Waals surface area contributed by atoms with Crippen molar-refractivity contribution in [1.29, 1.82) is 0 Å². The van der Waals surface area contributed by atoms with Gasteiger partial charge in [-0.05, 0) is 31.7 Å². The van der Waals surface area contributed by atoms with Gasteiger partial charge in [0.25, 0.3) is 5.22 Å². The highest BCUT2D eigenvalue weighted by atomic mass is 32.2. The lowest BCUT2D eigenvalue weighted by Crippen LogP contribution is -2.07. The van der Waals surface area contributed by atoms with E-state index in [1.54, 1.807) is 6.92 Å². The first-order valence-electron chi connectivity index (χ1n) is 5.69. The topological polar surface area (TPSA) is 74.2 Å². The molecule has 0 atom stereocenters. The van der Waals surface area contributed by atoms with Crippen molar-refractivity contribution in [3.8, 4) is 5.75 Å². The lowest BCUT2D eigenvalue weighted by molar-refractivity contribution is 0.230. The molecule has 0 amide bonds. The van der Waals surface area contributed by atoms with Crippen LogP contribution in [0.2, 0.25) is 0 Å². The first kappa shape index (κ1) is 13.7. The smallest absolute Gasteiger partial charge is 0.281 e. The van der Waals surface area contributed by atoms with Crippen LogP contribution >= 0.6 is 11.8 Å². The molecule has 0 aliphatic heterocycles. The van der Waals surface area contributed by atoms with Gasteiger partial charge in [-0.15, -0.1) is 10.2 Å². The third kappa shape index (κ3) is 3.37. The first-order chi connectivity index (χ1) is 8.95. The number of nitrogens with zero attached hydrogens (tertiary/aromatic N) is 2. The van der Waals surface area contributed by atoms with Crippen molar-refractivity contribution in [3.05, 3.63) is 23.8 Å². The quantitative estimate of drug-likeness (QED) is 0.869. The number of rotatable bonds is 4. The van der Waals surface area contributed by atoms with Gasteiger partial charge in [-0.3, -0.25) is 0 Å². The second-order valence-corrected chi connectivity index (χ2v) is 5.17. The van der Waals surface area contributed by atoms with Gasteiger partial charge >= 0.3 is 0 Å². The van der Waals surface area contributed by atoms with E-state index in [1.165, 1.54) is 23.9 Å². The van der Waals surface area contributed by atoms with Crippen LogP contribution in [0.1, 0.15) is 19.7 Å². The molecule has 0 aliphatic carbocycles. The van der Waals surface area contributed by atoms with Gasteiger partial charge in [-0.2, -0.15) is 0 Å². The zero-order valence-corrected chi connectivity index (χ0v) is 11.6. The summed E-state index contributed by atoms with van der Waals surface area (Å²) in [5, 5.41) is 7.92. The predicted molar refractivity (Wildman–Crippen MR) is 69.7 cm³/mol. The van der Waals surface area contributed by atoms with Crippen molar-refractivity contribution in [2.75, 3.05) is 5.73 Å². The van der Waals surface area contributed by atoms with Crippen LogP contribution in [0.25, 0.3) is 0 Å². The molecule has 19 heavy (non-hydrogen) atoms. The number of nitrogens with two attached hydrogens (primary N) is 1. The van der Waals surface area contributed by atoms with Gasteiger partial charge in [0.2, 0.25) is 5.89 Å². The third-order valence-corrected chi connectivity index (χ3v) is 3.04. The molecule has 0 aliphatic rings. The van der Waals surface area contributed by atoms with Crippen LogP contribution in [0.3, 0.4) is 0 Å². The minimum absolute atomic E-state index is 0.123. The maximum atomic E-state index is 13.7. The average molecular weight is 283 g/mol. The van der Waals surface area contributed by atoms with Gasteiger partial charge in [0.1, 0.15) is 0 Å². The normalized spacial score (nSPS) is 11.0. The molecular formula is C12H14FN3O2S. The summed E-state index contributed by atoms with van der Waals surface area (Å²) in [4.78, 5) is 0.612. The highest BCUT2D eigenvalue weighted by molar-refractivity contribution is 7.99. The number of benzene rings is 1. The molecule has 102 valence electrons. The lowest BCUT2D eigenvalue weighted by Gasteiger charge is -2.12. The molecule has 0 fully saturated rings. The molecule has 0 spiro atoms. The van der Waals surface area contributed by atoms with E-state index in [0.29, 0.717) is 21.7 Å². The molecule has 7 heteroatoms. The Hall–Kier alpha value is -1.76. The summed E-state index contributed by atoms with van der Waals surface area (Å²) in [5.41, 5.74) is 6.07. The van der Waals surface area contributed by atoms with E-state index in [9.17, 15) is 4.39 Å². The molecule has 2 N–H and O–H groups in total. The Labute approximate surface area is 114 Å². The highest BCUT2D eigenvalue weighted by Gasteiger charge is 2.14. The molecule has 0 unspecified atom stereocenters. The lowest BCUT2D eigenvalue weighted by atomic mass is 10.3. The van der Waals surface area contributed by atoms with Crippen molar-refractivity contribution in [2.45, 2.75) is 37.0 Å². The molecule has 0 saturated carbocycles. The zero-order valence-electron chi connectivity index (χ0n) is 10.8. The molecule has 2 aromatic rings. The molecule has 0 saturated heterocycles. The highest BCUT2D eigenvalue weighted by Crippen LogP contribution is 2.35. The number of hydrogen-bond donors (Lipinski definition) is 1. The van der Waals surface area contributed by atoms with Gasteiger partial charge < -0.3 is 14.9 Å². The Balaban J connectivity index is 2.29. The Morgan fingerprint density at radius 1 is 1.37 bits per heavy atom. The summed E-state index contributed by atoms with van der Waals surface area (Å²) in [5.74, 6) is 0.127. The predicted octanol–water partition coefficient (Wildman–Crippen LogP) is 3.04. The van der Waals surface area contributed by atoms with Crippen LogP contribution in [0.15, 0.2) is 26.7 Å². The minimum atomic E-state index is -0.489. The summed E-state index contributed by atoms with van der Waals surface area (Å²) in [6.07, 6.45) is -0.123. The van der Waals surface area contributed by atoms with E-state index in [2.05, 4.69) is 10.2 Å². The van der Waals surface area contributed by atoms with Gasteiger partial charge in [0.15, 0.2) is 11.6 Å². The summed E-state index contributed by atoms with van der Waals surface area (Å²) in [6, 6.07) is 2.76. The Morgan fingerprint density at radius 3 is 2.68 bits per heavy atom. The zero-order chi connectivity index (χ0) is 14.0. The fraction of sp³-hybridized carbons (Fsp3) is 0.333. The molecule has 1 aromatic heterocycles. The standard InChI is InChI=1S/C12H14FN3O2S/c1-6(2)17-10-5-11(9(14)4-8(10)13)19-12-16-15-7(3)18-12/h4-6H,14H2,1-3H3. The van der Waals surface area contributed by atoms with Crippen LogP contribution < -0.4 is 10.5 Å². The van der Waals surface area contributed by atoms with Crippen molar-refractivity contribution < 1.29 is 13.5 Å². The van der Waals surface area contributed by atoms with Crippen LogP contribution in [0, 0.1) is 12.7 Å². The van der Waals surface area contributed by atoms with Gasteiger partial charge in [0.05, 0.1) is 6.10 Å². The van der Waals surface area contributed by atoms with Gasteiger partial charge in [-0.25, -0.2) is 4.39 Å². The fourth-order valence-electron chi connectivity index (χ4n) is 1.40. The van der Waals surface area contributed by atoms with E-state index in [0.717, 1.165) is 0 Å². The van der Waals surface area contributed by atoms with E-state index < -0.39 is 5.82 Å². The number of aryl methyl sites for hydroxylation is 1. The summed E-state index contributed by atoms with van der Waals surface area (Å²) in [6.45, 7) is 5.34. The van der Waals surface area contributed by atoms with Gasteiger partial charge in [-0.1, -0.05) is 0 Å². The number of aromatic nitrogens is 2. The number of nitrogen functional groups attached to an aromatic ring is 1. The van der Waals surface area contributed by atoms with E-state index in [-0.39, 0.29) is 11.9 Å². The second kappa shape index (κ2) is 5.48. The van der Waals surface area contributed by atoms with Crippen LogP contribution in [-0.4, -0.2) is 16.3 Å². The third-order valence-electron chi connectivity index (χ3n) is 2.13. The molecule has 0 bridgehead atoms. The van der Waals surface area contributed by atoms with E-state index in [1.807, 2.05) is 13.8 Å². The fourth-order valence-corrected chi connectivity index (χ4v) is 2.17. The Morgan fingerprint density at radius 2 is 2.11 bits per heavy atom. The first-order valence-corrected chi connectivity index (χ1v) is 6.51. The molecule has 1 heterocycles.